The highest BCUT2D eigenvalue weighted by molar-refractivity contribution is 5.47. The molecular weight excluding hydrogens is 162 g/mol. The fourth-order valence-electron chi connectivity index (χ4n) is 0.675. The Kier molecular flexibility index (Phi) is 7.54. The summed E-state index contributed by atoms with van der Waals surface area (Å²) in [5.74, 6) is 0. The van der Waals surface area contributed by atoms with Gasteiger partial charge < -0.3 is 10.8 Å². The lowest BCUT2D eigenvalue weighted by atomic mass is 10.2. The normalized spacial score (nSPS) is 9.00. The molecule has 0 fully saturated rings. The van der Waals surface area contributed by atoms with Crippen molar-refractivity contribution in [3.8, 4) is 0 Å². The smallest absolute Gasteiger partial charge is 0.0609 e. The Labute approximate surface area is 79.0 Å². The van der Waals surface area contributed by atoms with E-state index in [0.717, 1.165) is 5.56 Å². The van der Waals surface area contributed by atoms with Gasteiger partial charge in [-0.1, -0.05) is 36.4 Å². The van der Waals surface area contributed by atoms with Crippen molar-refractivity contribution < 1.29 is 5.11 Å². The molecule has 2 heteroatoms. The van der Waals surface area contributed by atoms with Crippen LogP contribution in [0.1, 0.15) is 5.56 Å². The zero-order valence-electron chi connectivity index (χ0n) is 7.56. The van der Waals surface area contributed by atoms with Crippen LogP contribution in [0, 0.1) is 0 Å². The van der Waals surface area contributed by atoms with Crippen molar-refractivity contribution in [1.82, 2.24) is 0 Å². The first-order chi connectivity index (χ1) is 6.35. The van der Waals surface area contributed by atoms with E-state index in [4.69, 9.17) is 10.8 Å². The highest BCUT2D eigenvalue weighted by atomic mass is 16.2. The van der Waals surface area contributed by atoms with Gasteiger partial charge in [0.05, 0.1) is 6.61 Å². The molecule has 1 aromatic carbocycles. The predicted octanol–water partition coefficient (Wildman–Crippen LogP) is 1.78. The van der Waals surface area contributed by atoms with E-state index in [1.165, 1.54) is 12.3 Å². The van der Waals surface area contributed by atoms with Crippen molar-refractivity contribution in [3.05, 3.63) is 54.8 Å². The minimum Gasteiger partial charge on any atom is -0.405 e. The number of aliphatic hydroxyl groups is 1. The summed E-state index contributed by atoms with van der Waals surface area (Å²) in [6.45, 7) is 3.31. The van der Waals surface area contributed by atoms with Crippen LogP contribution >= 0.6 is 0 Å². The first kappa shape index (κ1) is 11.5. The van der Waals surface area contributed by atoms with E-state index < -0.39 is 0 Å². The van der Waals surface area contributed by atoms with Crippen molar-refractivity contribution >= 4 is 6.08 Å². The quantitative estimate of drug-likeness (QED) is 0.676. The number of hydrogen-bond acceptors (Lipinski definition) is 2. The average Bonchev–Trinajstić information content (AvgIpc) is 2.20. The van der Waals surface area contributed by atoms with Gasteiger partial charge in [0.2, 0.25) is 0 Å². The molecule has 0 aliphatic heterocycles. The van der Waals surface area contributed by atoms with E-state index >= 15 is 0 Å². The SMILES string of the molecule is C=CCO.NC=Cc1ccccc1. The van der Waals surface area contributed by atoms with Crippen molar-refractivity contribution in [2.24, 2.45) is 5.73 Å². The second kappa shape index (κ2) is 8.56. The lowest BCUT2D eigenvalue weighted by molar-refractivity contribution is 0.343. The van der Waals surface area contributed by atoms with Crippen LogP contribution in [0.4, 0.5) is 0 Å². The zero-order valence-corrected chi connectivity index (χ0v) is 7.56. The van der Waals surface area contributed by atoms with Gasteiger partial charge in [0, 0.05) is 0 Å². The third-order valence-corrected chi connectivity index (χ3v) is 1.22. The number of hydrogen-bond donors (Lipinski definition) is 2. The molecule has 2 nitrogen and oxygen atoms in total. The largest absolute Gasteiger partial charge is 0.405 e. The zero-order chi connectivity index (χ0) is 9.94. The van der Waals surface area contributed by atoms with E-state index in [0.29, 0.717) is 0 Å². The molecule has 0 aromatic heterocycles. The summed E-state index contributed by atoms with van der Waals surface area (Å²) in [5, 5.41) is 7.76. The van der Waals surface area contributed by atoms with Gasteiger partial charge in [0.25, 0.3) is 0 Å². The second-order valence-electron chi connectivity index (χ2n) is 2.24. The summed E-state index contributed by atoms with van der Waals surface area (Å²) in [6.07, 6.45) is 4.83. The van der Waals surface area contributed by atoms with Crippen LogP contribution in [0.5, 0.6) is 0 Å². The van der Waals surface area contributed by atoms with Gasteiger partial charge >= 0.3 is 0 Å². The highest BCUT2D eigenvalue weighted by Gasteiger charge is 1.77. The van der Waals surface area contributed by atoms with Crippen molar-refractivity contribution in [1.29, 1.82) is 0 Å². The summed E-state index contributed by atoms with van der Waals surface area (Å²) < 4.78 is 0. The summed E-state index contributed by atoms with van der Waals surface area (Å²) >= 11 is 0. The first-order valence-corrected chi connectivity index (χ1v) is 4.00. The Morgan fingerprint density at radius 1 is 1.31 bits per heavy atom. The van der Waals surface area contributed by atoms with Gasteiger partial charge in [-0.3, -0.25) is 0 Å². The van der Waals surface area contributed by atoms with E-state index in [-0.39, 0.29) is 6.61 Å². The van der Waals surface area contributed by atoms with Crippen LogP contribution in [-0.2, 0) is 0 Å². The number of benzene rings is 1. The Morgan fingerprint density at radius 2 is 1.85 bits per heavy atom. The maximum absolute atomic E-state index is 7.76. The molecule has 0 atom stereocenters. The summed E-state index contributed by atoms with van der Waals surface area (Å²) in [7, 11) is 0. The molecule has 3 N–H and O–H groups in total. The van der Waals surface area contributed by atoms with Crippen LogP contribution in [0.3, 0.4) is 0 Å². The molecule has 0 saturated carbocycles. The van der Waals surface area contributed by atoms with E-state index in [1.54, 1.807) is 0 Å². The van der Waals surface area contributed by atoms with Crippen LogP contribution < -0.4 is 5.73 Å². The lowest BCUT2D eigenvalue weighted by Crippen LogP contribution is -1.75. The highest BCUT2D eigenvalue weighted by Crippen LogP contribution is 1.98. The fourth-order valence-corrected chi connectivity index (χ4v) is 0.675. The van der Waals surface area contributed by atoms with Crippen molar-refractivity contribution in [2.75, 3.05) is 6.61 Å². The third kappa shape index (κ3) is 6.84. The Bertz CT molecular complexity index is 242. The number of nitrogens with two attached hydrogens (primary N) is 1. The molecule has 0 spiro atoms. The van der Waals surface area contributed by atoms with Crippen molar-refractivity contribution in [3.63, 3.8) is 0 Å². The molecule has 0 unspecified atom stereocenters. The van der Waals surface area contributed by atoms with Gasteiger partial charge in [-0.25, -0.2) is 0 Å². The molecule has 0 heterocycles. The van der Waals surface area contributed by atoms with Gasteiger partial charge in [0.1, 0.15) is 0 Å². The topological polar surface area (TPSA) is 46.2 Å². The predicted molar refractivity (Wildman–Crippen MR) is 56.9 cm³/mol. The molecule has 0 amide bonds. The van der Waals surface area contributed by atoms with Crippen LogP contribution in [0.15, 0.2) is 49.2 Å². The number of aliphatic hydroxyl groups excluding tert-OH is 1. The molecule has 70 valence electrons. The maximum atomic E-state index is 7.76. The van der Waals surface area contributed by atoms with Crippen LogP contribution in [-0.4, -0.2) is 11.7 Å². The Balaban J connectivity index is 0.000000310. The lowest BCUT2D eigenvalue weighted by Gasteiger charge is -1.86. The van der Waals surface area contributed by atoms with E-state index in [2.05, 4.69) is 6.58 Å². The summed E-state index contributed by atoms with van der Waals surface area (Å²) in [5.41, 5.74) is 6.32. The third-order valence-electron chi connectivity index (χ3n) is 1.22. The fraction of sp³-hybridized carbons (Fsp3) is 0.0909. The minimum atomic E-state index is 0.0833. The van der Waals surface area contributed by atoms with Gasteiger partial charge in [0.15, 0.2) is 0 Å². The first-order valence-electron chi connectivity index (χ1n) is 4.00. The van der Waals surface area contributed by atoms with Crippen molar-refractivity contribution in [2.45, 2.75) is 0 Å². The van der Waals surface area contributed by atoms with Crippen LogP contribution in [0.25, 0.3) is 6.08 Å². The van der Waals surface area contributed by atoms with Gasteiger partial charge in [-0.2, -0.15) is 0 Å². The molecular formula is C11H15NO. The summed E-state index contributed by atoms with van der Waals surface area (Å²) in [4.78, 5) is 0. The average molecular weight is 177 g/mol. The monoisotopic (exact) mass is 177 g/mol. The maximum Gasteiger partial charge on any atom is 0.0609 e. The summed E-state index contributed by atoms with van der Waals surface area (Å²) in [6, 6.07) is 9.95. The Hall–Kier alpha value is -1.54. The van der Waals surface area contributed by atoms with Gasteiger partial charge in [-0.05, 0) is 17.8 Å². The molecule has 0 aliphatic rings. The molecule has 1 rings (SSSR count). The standard InChI is InChI=1S/C8H9N.C3H6O/c9-7-6-8-4-2-1-3-5-8;1-2-3-4/h1-7H,9H2;2,4H,1,3H2. The molecule has 1 aromatic rings. The Morgan fingerprint density at radius 3 is 2.23 bits per heavy atom. The molecule has 0 saturated heterocycles. The molecule has 13 heavy (non-hydrogen) atoms. The molecule has 0 radical (unpaired) electrons. The second-order valence-corrected chi connectivity index (χ2v) is 2.24. The van der Waals surface area contributed by atoms with Crippen LogP contribution in [0.2, 0.25) is 0 Å². The van der Waals surface area contributed by atoms with Gasteiger partial charge in [-0.15, -0.1) is 6.58 Å². The number of rotatable bonds is 2. The van der Waals surface area contributed by atoms with E-state index in [1.807, 2.05) is 36.4 Å². The molecule has 0 bridgehead atoms. The minimum absolute atomic E-state index is 0.0833. The molecule has 0 aliphatic carbocycles. The van der Waals surface area contributed by atoms with E-state index in [9.17, 15) is 0 Å².